The van der Waals surface area contributed by atoms with E-state index in [9.17, 15) is 0 Å². The summed E-state index contributed by atoms with van der Waals surface area (Å²) >= 11 is 0. The molecule has 0 spiro atoms. The fraction of sp³-hybridized carbons (Fsp3) is 0.135. The fourth-order valence-electron chi connectivity index (χ4n) is 14.1. The highest BCUT2D eigenvalue weighted by Crippen LogP contribution is 2.51. The van der Waals surface area contributed by atoms with Crippen LogP contribution in [0.1, 0.15) is 59.1 Å². The number of rotatable bonds is 8. The zero-order valence-electron chi connectivity index (χ0n) is 44.2. The molecule has 0 aliphatic heterocycles. The molecular formula is C74H58N4. The SMILES string of the molecule is Cc1ccc(-n2c3ccccc3c3ccc(N(c4cccc5c4CCCC5)c4ccc5ccc6c(N(c7ccc8c9ccccc9n(-c9ccc(C)cc9)c8c7)c7cccc8c7CCCC8)ccc7ccc4c5c76)cc32)cc1. The van der Waals surface area contributed by atoms with E-state index in [1.165, 1.54) is 169 Å². The van der Waals surface area contributed by atoms with Crippen molar-refractivity contribution < 1.29 is 0 Å². The highest BCUT2D eigenvalue weighted by Gasteiger charge is 2.28. The van der Waals surface area contributed by atoms with Gasteiger partial charge in [0.15, 0.2) is 0 Å². The van der Waals surface area contributed by atoms with Gasteiger partial charge in [-0.2, -0.15) is 0 Å². The standard InChI is InChI=1S/C74H58N4/c1-47-25-33-53(34-26-47)75-67-21-9-7-19-59(67)61-41-37-55(45-71(61)75)77(65-23-11-15-49-13-3-5-17-57(49)65)69-43-31-51-30-40-64-70(44-32-52-29-39-63(69)73(51)74(52)64)78(66-24-12-16-50-14-4-6-18-58(50)66)56-38-42-62-60-20-8-10-22-68(60)76(72(62)46-56)54-35-27-48(2)28-36-54/h7-12,15-16,19-46H,3-6,13-14,17-18H2,1-2H3. The van der Waals surface area contributed by atoms with E-state index in [2.05, 4.69) is 251 Å². The molecule has 14 aromatic rings. The first-order valence-electron chi connectivity index (χ1n) is 28.3. The van der Waals surface area contributed by atoms with E-state index < -0.39 is 0 Å². The van der Waals surface area contributed by atoms with Crippen molar-refractivity contribution in [2.24, 2.45) is 0 Å². The van der Waals surface area contributed by atoms with Crippen LogP contribution in [0.2, 0.25) is 0 Å². The maximum Gasteiger partial charge on any atom is 0.0561 e. The largest absolute Gasteiger partial charge is 0.310 e. The number of hydrogen-bond acceptors (Lipinski definition) is 2. The Bertz CT molecular complexity index is 4410. The molecule has 0 unspecified atom stereocenters. The summed E-state index contributed by atoms with van der Waals surface area (Å²) in [6.45, 7) is 4.34. The van der Waals surface area contributed by atoms with Crippen LogP contribution >= 0.6 is 0 Å². The Labute approximate surface area is 455 Å². The van der Waals surface area contributed by atoms with Crippen LogP contribution in [0, 0.1) is 13.8 Å². The maximum atomic E-state index is 2.61. The zero-order valence-corrected chi connectivity index (χ0v) is 44.2. The summed E-state index contributed by atoms with van der Waals surface area (Å²) in [7, 11) is 0. The predicted octanol–water partition coefficient (Wildman–Crippen LogP) is 20.1. The molecule has 2 aliphatic carbocycles. The molecule has 374 valence electrons. The minimum absolute atomic E-state index is 1.07. The van der Waals surface area contributed by atoms with Crippen molar-refractivity contribution in [3.8, 4) is 11.4 Å². The molecule has 0 atom stereocenters. The van der Waals surface area contributed by atoms with Gasteiger partial charge in [-0.15, -0.1) is 0 Å². The molecule has 0 saturated heterocycles. The van der Waals surface area contributed by atoms with E-state index in [0.29, 0.717) is 0 Å². The molecular weight excluding hydrogens is 945 g/mol. The maximum absolute atomic E-state index is 2.61. The molecule has 2 aromatic heterocycles. The van der Waals surface area contributed by atoms with Crippen molar-refractivity contribution in [3.05, 3.63) is 252 Å². The van der Waals surface area contributed by atoms with Crippen LogP contribution in [0.25, 0.3) is 87.3 Å². The summed E-state index contributed by atoms with van der Waals surface area (Å²) in [5, 5.41) is 12.7. The number of anilines is 6. The highest BCUT2D eigenvalue weighted by atomic mass is 15.2. The summed E-state index contributed by atoms with van der Waals surface area (Å²) in [4.78, 5) is 5.22. The second-order valence-electron chi connectivity index (χ2n) is 22.3. The number of nitrogens with zero attached hydrogens (tertiary/aromatic N) is 4. The first-order chi connectivity index (χ1) is 38.5. The van der Waals surface area contributed by atoms with E-state index in [1.807, 2.05) is 0 Å². The summed E-state index contributed by atoms with van der Waals surface area (Å²) in [5.41, 5.74) is 22.8. The van der Waals surface area contributed by atoms with E-state index >= 15 is 0 Å². The van der Waals surface area contributed by atoms with Crippen LogP contribution < -0.4 is 9.80 Å². The molecule has 0 fully saturated rings. The van der Waals surface area contributed by atoms with Gasteiger partial charge < -0.3 is 18.9 Å². The molecule has 0 saturated carbocycles. The number of benzene rings is 12. The quantitative estimate of drug-likeness (QED) is 0.141. The van der Waals surface area contributed by atoms with Gasteiger partial charge in [-0.3, -0.25) is 0 Å². The molecule has 2 heterocycles. The van der Waals surface area contributed by atoms with E-state index in [4.69, 9.17) is 0 Å². The molecule has 0 N–H and O–H groups in total. The Morgan fingerprint density at radius 3 is 1.17 bits per heavy atom. The molecule has 4 heteroatoms. The Hall–Kier alpha value is -9.12. The number of fused-ring (bicyclic) bond motifs is 8. The van der Waals surface area contributed by atoms with Gasteiger partial charge in [0, 0.05) is 66.4 Å². The third-order valence-corrected chi connectivity index (χ3v) is 17.7. The zero-order chi connectivity index (χ0) is 51.6. The van der Waals surface area contributed by atoms with Crippen molar-refractivity contribution in [1.82, 2.24) is 9.13 Å². The molecule has 4 nitrogen and oxygen atoms in total. The number of para-hydroxylation sites is 2. The minimum atomic E-state index is 1.07. The molecule has 0 bridgehead atoms. The molecule has 78 heavy (non-hydrogen) atoms. The second-order valence-corrected chi connectivity index (χ2v) is 22.3. The van der Waals surface area contributed by atoms with Crippen molar-refractivity contribution in [2.75, 3.05) is 9.80 Å². The van der Waals surface area contributed by atoms with E-state index in [-0.39, 0.29) is 0 Å². The Morgan fingerprint density at radius 2 is 0.705 bits per heavy atom. The predicted molar refractivity (Wildman–Crippen MR) is 331 cm³/mol. The third-order valence-electron chi connectivity index (χ3n) is 17.7. The van der Waals surface area contributed by atoms with Gasteiger partial charge in [0.2, 0.25) is 0 Å². The first kappa shape index (κ1) is 45.1. The topological polar surface area (TPSA) is 16.3 Å². The first-order valence-corrected chi connectivity index (χ1v) is 28.3. The Morgan fingerprint density at radius 1 is 0.308 bits per heavy atom. The van der Waals surface area contributed by atoms with Crippen LogP contribution in [0.4, 0.5) is 34.1 Å². The molecule has 2 aliphatic rings. The van der Waals surface area contributed by atoms with Gasteiger partial charge >= 0.3 is 0 Å². The Kier molecular flexibility index (Phi) is 10.3. The van der Waals surface area contributed by atoms with E-state index in [1.54, 1.807) is 0 Å². The van der Waals surface area contributed by atoms with Gasteiger partial charge in [-0.1, -0.05) is 145 Å². The van der Waals surface area contributed by atoms with Crippen LogP contribution in [0.3, 0.4) is 0 Å². The van der Waals surface area contributed by atoms with Crippen molar-refractivity contribution in [2.45, 2.75) is 65.2 Å². The summed E-state index contributed by atoms with van der Waals surface area (Å²) in [6, 6.07) is 83.5. The van der Waals surface area contributed by atoms with Crippen LogP contribution in [0.5, 0.6) is 0 Å². The lowest BCUT2D eigenvalue weighted by atomic mass is 9.88. The van der Waals surface area contributed by atoms with Crippen molar-refractivity contribution in [1.29, 1.82) is 0 Å². The third kappa shape index (κ3) is 6.92. The highest BCUT2D eigenvalue weighted by molar-refractivity contribution is 6.28. The van der Waals surface area contributed by atoms with Crippen molar-refractivity contribution in [3.63, 3.8) is 0 Å². The van der Waals surface area contributed by atoms with Crippen molar-refractivity contribution >= 4 is 110 Å². The lowest BCUT2D eigenvalue weighted by molar-refractivity contribution is 0.686. The van der Waals surface area contributed by atoms with Gasteiger partial charge in [-0.25, -0.2) is 0 Å². The molecule has 12 aromatic carbocycles. The van der Waals surface area contributed by atoms with Gasteiger partial charge in [0.05, 0.1) is 33.4 Å². The fourth-order valence-corrected chi connectivity index (χ4v) is 14.1. The number of aryl methyl sites for hydroxylation is 4. The monoisotopic (exact) mass is 1000 g/mol. The van der Waals surface area contributed by atoms with Gasteiger partial charge in [0.1, 0.15) is 0 Å². The Balaban J connectivity index is 0.944. The van der Waals surface area contributed by atoms with Crippen LogP contribution in [-0.4, -0.2) is 9.13 Å². The summed E-state index contributed by atoms with van der Waals surface area (Å²) in [6.07, 6.45) is 9.21. The average molecular weight is 1000 g/mol. The summed E-state index contributed by atoms with van der Waals surface area (Å²) in [5.74, 6) is 0. The second kappa shape index (κ2) is 17.7. The lowest BCUT2D eigenvalue weighted by Crippen LogP contribution is -2.16. The van der Waals surface area contributed by atoms with E-state index in [0.717, 1.165) is 37.1 Å². The lowest BCUT2D eigenvalue weighted by Gasteiger charge is -2.33. The van der Waals surface area contributed by atoms with Gasteiger partial charge in [-0.05, 0) is 194 Å². The van der Waals surface area contributed by atoms with Crippen LogP contribution in [-0.2, 0) is 25.7 Å². The van der Waals surface area contributed by atoms with Crippen LogP contribution in [0.15, 0.2) is 218 Å². The number of hydrogen-bond donors (Lipinski definition) is 0. The minimum Gasteiger partial charge on any atom is -0.310 e. The molecule has 0 radical (unpaired) electrons. The normalized spacial score (nSPS) is 13.6. The molecule has 0 amide bonds. The number of aromatic nitrogens is 2. The molecule has 16 rings (SSSR count). The average Bonchev–Trinajstić information content (AvgIpc) is 4.05. The summed E-state index contributed by atoms with van der Waals surface area (Å²) < 4.78 is 4.93. The van der Waals surface area contributed by atoms with Gasteiger partial charge in [0.25, 0.3) is 0 Å². The smallest absolute Gasteiger partial charge is 0.0561 e.